The number of esters is 1. The van der Waals surface area contributed by atoms with Crippen molar-refractivity contribution in [1.82, 2.24) is 0 Å². The molecular weight excluding hydrogens is 244 g/mol. The maximum absolute atomic E-state index is 11.2. The number of carbonyl (C=O) groups is 1. The summed E-state index contributed by atoms with van der Waals surface area (Å²) in [5.41, 5.74) is 0.752. The molecule has 0 saturated carbocycles. The Morgan fingerprint density at radius 2 is 2.11 bits per heavy atom. The minimum atomic E-state index is -0.680. The number of hydrogen-bond acceptors (Lipinski definition) is 4. The Morgan fingerprint density at radius 3 is 2.74 bits per heavy atom. The van der Waals surface area contributed by atoms with E-state index in [2.05, 4.69) is 0 Å². The molecule has 4 heteroatoms. The molecule has 1 rings (SSSR count). The Bertz CT molecular complexity index is 401. The number of benzene rings is 1. The van der Waals surface area contributed by atoms with E-state index in [9.17, 15) is 9.90 Å². The van der Waals surface area contributed by atoms with E-state index in [1.54, 1.807) is 13.0 Å². The van der Waals surface area contributed by atoms with E-state index >= 15 is 0 Å². The van der Waals surface area contributed by atoms with Gasteiger partial charge in [0.1, 0.15) is 5.75 Å². The lowest BCUT2D eigenvalue weighted by Gasteiger charge is -2.14. The van der Waals surface area contributed by atoms with Crippen LogP contribution in [0.1, 0.15) is 45.3 Å². The molecule has 0 spiro atoms. The molecular formula is C15H22O4. The molecule has 0 aliphatic heterocycles. The van der Waals surface area contributed by atoms with Crippen LogP contribution in [-0.4, -0.2) is 23.8 Å². The van der Waals surface area contributed by atoms with Gasteiger partial charge >= 0.3 is 5.97 Å². The zero-order chi connectivity index (χ0) is 14.3. The Morgan fingerprint density at radius 1 is 1.37 bits per heavy atom. The van der Waals surface area contributed by atoms with Crippen LogP contribution in [0.5, 0.6) is 5.75 Å². The van der Waals surface area contributed by atoms with Crippen LogP contribution in [0.25, 0.3) is 0 Å². The molecule has 4 nitrogen and oxygen atoms in total. The molecule has 1 N–H and O–H groups in total. The van der Waals surface area contributed by atoms with Gasteiger partial charge in [0.05, 0.1) is 18.8 Å². The molecule has 19 heavy (non-hydrogen) atoms. The number of ether oxygens (including phenoxy) is 2. The fraction of sp³-hybridized carbons (Fsp3) is 0.533. The monoisotopic (exact) mass is 266 g/mol. The van der Waals surface area contributed by atoms with Crippen LogP contribution in [0, 0.1) is 0 Å². The highest BCUT2D eigenvalue weighted by atomic mass is 16.5. The normalized spacial score (nSPS) is 12.3. The second kappa shape index (κ2) is 7.79. The highest BCUT2D eigenvalue weighted by molar-refractivity contribution is 5.69. The van der Waals surface area contributed by atoms with Crippen molar-refractivity contribution in [3.63, 3.8) is 0 Å². The molecule has 0 aliphatic carbocycles. The van der Waals surface area contributed by atoms with Crippen LogP contribution in [-0.2, 0) is 9.53 Å². The first kappa shape index (κ1) is 15.5. The van der Waals surface area contributed by atoms with E-state index in [4.69, 9.17) is 9.47 Å². The second-order valence-corrected chi connectivity index (χ2v) is 4.60. The number of aliphatic hydroxyl groups excluding tert-OH is 1. The van der Waals surface area contributed by atoms with Crippen LogP contribution in [0.2, 0.25) is 0 Å². The number of carbonyl (C=O) groups excluding carboxylic acids is 1. The molecule has 0 bridgehead atoms. The Balaban J connectivity index is 2.56. The van der Waals surface area contributed by atoms with E-state index < -0.39 is 6.10 Å². The molecule has 0 aromatic heterocycles. The standard InChI is InChI=1S/C15H22O4/c1-4-18-15(17)9-8-14(16)12-6-5-7-13(10-12)19-11(2)3/h5-7,10-11,14,16H,4,8-9H2,1-3H3. The molecule has 1 aromatic carbocycles. The molecule has 0 amide bonds. The summed E-state index contributed by atoms with van der Waals surface area (Å²) in [6, 6.07) is 7.31. The van der Waals surface area contributed by atoms with Crippen LogP contribution in [0.3, 0.4) is 0 Å². The minimum absolute atomic E-state index is 0.0897. The van der Waals surface area contributed by atoms with Crippen LogP contribution >= 0.6 is 0 Å². The van der Waals surface area contributed by atoms with Crippen molar-refractivity contribution in [2.75, 3.05) is 6.61 Å². The van der Waals surface area contributed by atoms with Gasteiger partial charge in [-0.2, -0.15) is 0 Å². The van der Waals surface area contributed by atoms with Crippen molar-refractivity contribution in [1.29, 1.82) is 0 Å². The lowest BCUT2D eigenvalue weighted by atomic mass is 10.0. The molecule has 1 aromatic rings. The van der Waals surface area contributed by atoms with Gasteiger partial charge in [-0.15, -0.1) is 0 Å². The maximum atomic E-state index is 11.2. The summed E-state index contributed by atoms with van der Waals surface area (Å²) >= 11 is 0. The SMILES string of the molecule is CCOC(=O)CCC(O)c1cccc(OC(C)C)c1. The van der Waals surface area contributed by atoms with Crippen molar-refractivity contribution >= 4 is 5.97 Å². The van der Waals surface area contributed by atoms with Gasteiger partial charge in [0.15, 0.2) is 0 Å². The van der Waals surface area contributed by atoms with Gasteiger partial charge in [0.2, 0.25) is 0 Å². The third-order valence-electron chi connectivity index (χ3n) is 2.54. The van der Waals surface area contributed by atoms with E-state index in [1.165, 1.54) is 0 Å². The summed E-state index contributed by atoms with van der Waals surface area (Å²) < 4.78 is 10.4. The first-order valence-electron chi connectivity index (χ1n) is 6.63. The smallest absolute Gasteiger partial charge is 0.305 e. The van der Waals surface area contributed by atoms with Gasteiger partial charge in [0.25, 0.3) is 0 Å². The molecule has 0 heterocycles. The minimum Gasteiger partial charge on any atom is -0.491 e. The number of aliphatic hydroxyl groups is 1. The van der Waals surface area contributed by atoms with Crippen molar-refractivity contribution in [3.05, 3.63) is 29.8 Å². The van der Waals surface area contributed by atoms with Gasteiger partial charge in [-0.3, -0.25) is 4.79 Å². The van der Waals surface area contributed by atoms with Crippen LogP contribution < -0.4 is 4.74 Å². The first-order chi connectivity index (χ1) is 9.02. The number of hydrogen-bond donors (Lipinski definition) is 1. The van der Waals surface area contributed by atoms with Crippen molar-refractivity contribution < 1.29 is 19.4 Å². The maximum Gasteiger partial charge on any atom is 0.305 e. The highest BCUT2D eigenvalue weighted by Gasteiger charge is 2.12. The molecule has 1 unspecified atom stereocenters. The summed E-state index contributed by atoms with van der Waals surface area (Å²) in [5, 5.41) is 10.0. The predicted molar refractivity (Wildman–Crippen MR) is 73.0 cm³/mol. The van der Waals surface area contributed by atoms with Gasteiger partial charge in [-0.05, 0) is 44.9 Å². The second-order valence-electron chi connectivity index (χ2n) is 4.60. The zero-order valence-electron chi connectivity index (χ0n) is 11.8. The topological polar surface area (TPSA) is 55.8 Å². The Hall–Kier alpha value is -1.55. The average molecular weight is 266 g/mol. The number of rotatable bonds is 7. The van der Waals surface area contributed by atoms with Crippen LogP contribution in [0.4, 0.5) is 0 Å². The van der Waals surface area contributed by atoms with E-state index in [1.807, 2.05) is 32.0 Å². The van der Waals surface area contributed by atoms with Gasteiger partial charge in [0, 0.05) is 6.42 Å². The average Bonchev–Trinajstić information content (AvgIpc) is 2.36. The van der Waals surface area contributed by atoms with Gasteiger partial charge in [-0.25, -0.2) is 0 Å². The molecule has 106 valence electrons. The predicted octanol–water partition coefficient (Wildman–Crippen LogP) is 2.85. The van der Waals surface area contributed by atoms with E-state index in [0.29, 0.717) is 13.0 Å². The van der Waals surface area contributed by atoms with Gasteiger partial charge in [-0.1, -0.05) is 12.1 Å². The highest BCUT2D eigenvalue weighted by Crippen LogP contribution is 2.23. The third-order valence-corrected chi connectivity index (χ3v) is 2.54. The van der Waals surface area contributed by atoms with Crippen molar-refractivity contribution in [2.24, 2.45) is 0 Å². The molecule has 0 saturated heterocycles. The molecule has 1 atom stereocenters. The van der Waals surface area contributed by atoms with E-state index in [0.717, 1.165) is 11.3 Å². The van der Waals surface area contributed by atoms with Gasteiger partial charge < -0.3 is 14.6 Å². The quantitative estimate of drug-likeness (QED) is 0.771. The first-order valence-corrected chi connectivity index (χ1v) is 6.63. The van der Waals surface area contributed by atoms with E-state index in [-0.39, 0.29) is 18.5 Å². The summed E-state index contributed by atoms with van der Waals surface area (Å²) in [7, 11) is 0. The third kappa shape index (κ3) is 5.75. The molecule has 0 radical (unpaired) electrons. The van der Waals surface area contributed by atoms with Crippen molar-refractivity contribution in [2.45, 2.75) is 45.8 Å². The Kier molecular flexibility index (Phi) is 6.36. The fourth-order valence-corrected chi connectivity index (χ4v) is 1.72. The van der Waals surface area contributed by atoms with Crippen LogP contribution in [0.15, 0.2) is 24.3 Å². The summed E-state index contributed by atoms with van der Waals surface area (Å²) in [5.74, 6) is 0.443. The molecule has 0 aliphatic rings. The lowest BCUT2D eigenvalue weighted by molar-refractivity contribution is -0.143. The largest absolute Gasteiger partial charge is 0.491 e. The molecule has 0 fully saturated rings. The van der Waals surface area contributed by atoms with Crippen molar-refractivity contribution in [3.8, 4) is 5.75 Å². The summed E-state index contributed by atoms with van der Waals surface area (Å²) in [6.07, 6.45) is -0.0270. The summed E-state index contributed by atoms with van der Waals surface area (Å²) in [4.78, 5) is 11.2. The zero-order valence-corrected chi connectivity index (χ0v) is 11.8. The Labute approximate surface area is 114 Å². The fourth-order valence-electron chi connectivity index (χ4n) is 1.72. The lowest BCUT2D eigenvalue weighted by Crippen LogP contribution is -2.08. The summed E-state index contributed by atoms with van der Waals surface area (Å²) in [6.45, 7) is 6.03.